The van der Waals surface area contributed by atoms with Gasteiger partial charge in [-0.2, -0.15) is 0 Å². The fourth-order valence-corrected chi connectivity index (χ4v) is 7.98. The Kier molecular flexibility index (Phi) is 17.1. The number of piperazine rings is 1. The van der Waals surface area contributed by atoms with Crippen LogP contribution < -0.4 is 5.32 Å². The van der Waals surface area contributed by atoms with Crippen molar-refractivity contribution in [3.8, 4) is 0 Å². The van der Waals surface area contributed by atoms with Crippen molar-refractivity contribution in [2.75, 3.05) is 46.4 Å². The molecule has 0 spiro atoms. The zero-order valence-electron chi connectivity index (χ0n) is 30.8. The minimum Gasteiger partial charge on any atom is -0.449 e. The van der Waals surface area contributed by atoms with Crippen molar-refractivity contribution < 1.29 is 33.6 Å². The van der Waals surface area contributed by atoms with E-state index >= 15 is 0 Å². The van der Waals surface area contributed by atoms with E-state index in [0.29, 0.717) is 44.0 Å². The number of halogens is 1. The molecule has 0 bridgehead atoms. The number of allylic oxidation sites excluding steroid dienone is 3. The minimum atomic E-state index is -0.602. The van der Waals surface area contributed by atoms with Crippen LogP contribution in [0.25, 0.3) is 0 Å². The van der Waals surface area contributed by atoms with Gasteiger partial charge in [-0.15, -0.1) is 0 Å². The molecule has 276 valence electrons. The highest BCUT2D eigenvalue weighted by molar-refractivity contribution is 14.1. The third-order valence-electron chi connectivity index (χ3n) is 10.2. The lowest BCUT2D eigenvalue weighted by molar-refractivity contribution is -0.149. The molecule has 7 atom stereocenters. The first kappa shape index (κ1) is 41.2. The molecule has 11 heteroatoms. The molecular formula is C37H64IN3O7. The number of ether oxygens (including phenoxy) is 4. The third-order valence-corrected chi connectivity index (χ3v) is 11.2. The molecule has 2 N–H and O–H groups in total. The first-order valence-corrected chi connectivity index (χ1v) is 19.1. The maximum absolute atomic E-state index is 13.1. The van der Waals surface area contributed by atoms with Crippen molar-refractivity contribution >= 4 is 34.9 Å². The Bertz CT molecular complexity index is 1050. The van der Waals surface area contributed by atoms with Crippen molar-refractivity contribution in [2.24, 2.45) is 23.7 Å². The van der Waals surface area contributed by atoms with Crippen molar-refractivity contribution in [1.29, 1.82) is 0 Å². The van der Waals surface area contributed by atoms with E-state index in [1.807, 2.05) is 6.92 Å². The van der Waals surface area contributed by atoms with E-state index in [2.05, 4.69) is 84.1 Å². The highest BCUT2D eigenvalue weighted by atomic mass is 127. The van der Waals surface area contributed by atoms with Gasteiger partial charge in [0.05, 0.1) is 36.6 Å². The number of carbonyl (C=O) groups excluding carboxylic acids is 2. The predicted molar refractivity (Wildman–Crippen MR) is 198 cm³/mol. The fourth-order valence-electron chi connectivity index (χ4n) is 7.55. The van der Waals surface area contributed by atoms with Crippen LogP contribution in [-0.4, -0.2) is 108 Å². The Balaban J connectivity index is 1.38. The molecule has 1 unspecified atom stereocenters. The summed E-state index contributed by atoms with van der Waals surface area (Å²) in [5.41, 5.74) is 0.822. The molecule has 3 aliphatic rings. The van der Waals surface area contributed by atoms with Gasteiger partial charge in [0.25, 0.3) is 0 Å². The zero-order chi connectivity index (χ0) is 35.4. The van der Waals surface area contributed by atoms with Gasteiger partial charge in [0.2, 0.25) is 5.91 Å². The van der Waals surface area contributed by atoms with Gasteiger partial charge in [0.15, 0.2) is 0 Å². The van der Waals surface area contributed by atoms with Gasteiger partial charge < -0.3 is 34.3 Å². The number of aliphatic hydroxyl groups excluding tert-OH is 1. The summed E-state index contributed by atoms with van der Waals surface area (Å²) in [5, 5.41) is 13.2. The van der Waals surface area contributed by atoms with E-state index in [1.165, 1.54) is 5.57 Å². The van der Waals surface area contributed by atoms with Gasteiger partial charge in [-0.3, -0.25) is 4.79 Å². The first-order valence-electron chi connectivity index (χ1n) is 18.2. The topological polar surface area (TPSA) is 110 Å². The average molecular weight is 790 g/mol. The smallest absolute Gasteiger partial charge is 0.409 e. The summed E-state index contributed by atoms with van der Waals surface area (Å²) in [6, 6.07) is 0. The van der Waals surface area contributed by atoms with E-state index in [0.717, 1.165) is 58.0 Å². The Morgan fingerprint density at radius 3 is 2.35 bits per heavy atom. The quantitative estimate of drug-likeness (QED) is 0.113. The summed E-state index contributed by atoms with van der Waals surface area (Å²) in [6.45, 7) is 18.5. The fraction of sp³-hybridized carbons (Fsp3) is 0.838. The van der Waals surface area contributed by atoms with Gasteiger partial charge in [-0.1, -0.05) is 32.1 Å². The second-order valence-electron chi connectivity index (χ2n) is 15.2. The lowest BCUT2D eigenvalue weighted by Crippen LogP contribution is -2.46. The number of amides is 2. The number of hydrogen-bond donors (Lipinski definition) is 2. The van der Waals surface area contributed by atoms with Gasteiger partial charge in [0, 0.05) is 68.6 Å². The van der Waals surface area contributed by atoms with Crippen molar-refractivity contribution in [1.82, 2.24) is 13.3 Å². The van der Waals surface area contributed by atoms with Crippen LogP contribution in [0.4, 0.5) is 4.79 Å². The van der Waals surface area contributed by atoms with E-state index in [9.17, 15) is 14.7 Å². The molecule has 10 nitrogen and oxygen atoms in total. The molecule has 3 fully saturated rings. The van der Waals surface area contributed by atoms with Crippen LogP contribution in [0.5, 0.6) is 0 Å². The Morgan fingerprint density at radius 2 is 1.73 bits per heavy atom. The maximum atomic E-state index is 13.1. The Morgan fingerprint density at radius 1 is 1.06 bits per heavy atom. The van der Waals surface area contributed by atoms with Crippen LogP contribution >= 0.6 is 22.9 Å². The van der Waals surface area contributed by atoms with Crippen LogP contribution in [0.1, 0.15) is 93.4 Å². The standard InChI is InChI=1S/C37H64IN3O7/c1-25(22-37(6,7)48-29(5)34(45-8)28(4)42)10-9-11-26(2)33-27(3)12-17-32(47-33)23-39-35(43)31-15-13-30(14-16-31)24-46-36(44)40-18-20-41(38)21-19-40/h9-11,25,27-34,42H,12-24H2,1-8H3,(H,39,43)/b10-9+,26-11+/t25-,27+,28-,29?,30-,31+,32-,33-,34+/m1/s1. The summed E-state index contributed by atoms with van der Waals surface area (Å²) in [5.74, 6) is 1.17. The van der Waals surface area contributed by atoms with Crippen LogP contribution in [-0.2, 0) is 23.7 Å². The molecule has 2 aliphatic heterocycles. The summed E-state index contributed by atoms with van der Waals surface area (Å²) in [6.07, 6.45) is 11.4. The molecule has 1 aliphatic carbocycles. The molecule has 2 amide bonds. The molecule has 48 heavy (non-hydrogen) atoms. The second-order valence-corrected chi connectivity index (χ2v) is 16.5. The normalized spacial score (nSPS) is 28.9. The molecule has 0 aromatic carbocycles. The van der Waals surface area contributed by atoms with Crippen molar-refractivity contribution in [3.63, 3.8) is 0 Å². The highest BCUT2D eigenvalue weighted by Gasteiger charge is 2.33. The summed E-state index contributed by atoms with van der Waals surface area (Å²) >= 11 is 2.29. The number of hydrogen-bond acceptors (Lipinski definition) is 8. The average Bonchev–Trinajstić information content (AvgIpc) is 3.03. The number of carbonyl (C=O) groups is 2. The van der Waals surface area contributed by atoms with Crippen molar-refractivity contribution in [2.45, 2.75) is 130 Å². The minimum absolute atomic E-state index is 0.00345. The third kappa shape index (κ3) is 13.5. The Labute approximate surface area is 304 Å². The first-order chi connectivity index (χ1) is 22.7. The zero-order valence-corrected chi connectivity index (χ0v) is 32.9. The van der Waals surface area contributed by atoms with E-state index < -0.39 is 6.10 Å². The Hall–Kier alpha value is -1.25. The van der Waals surface area contributed by atoms with Crippen molar-refractivity contribution in [3.05, 3.63) is 23.8 Å². The second kappa shape index (κ2) is 20.0. The molecule has 0 aromatic heterocycles. The van der Waals surface area contributed by atoms with Crippen LogP contribution in [0.15, 0.2) is 23.8 Å². The van der Waals surface area contributed by atoms with Gasteiger partial charge >= 0.3 is 6.09 Å². The summed E-state index contributed by atoms with van der Waals surface area (Å²) in [7, 11) is 1.60. The molecule has 3 rings (SSSR count). The van der Waals surface area contributed by atoms with Gasteiger partial charge in [-0.05, 0) is 103 Å². The predicted octanol–water partition coefficient (Wildman–Crippen LogP) is 6.31. The van der Waals surface area contributed by atoms with E-state index in [1.54, 1.807) is 18.9 Å². The number of methoxy groups -OCH3 is 1. The van der Waals surface area contributed by atoms with Gasteiger partial charge in [-0.25, -0.2) is 7.91 Å². The largest absolute Gasteiger partial charge is 0.449 e. The monoisotopic (exact) mass is 789 g/mol. The lowest BCUT2D eigenvalue weighted by atomic mass is 9.82. The maximum Gasteiger partial charge on any atom is 0.409 e. The molecule has 2 saturated heterocycles. The van der Waals surface area contributed by atoms with E-state index in [4.69, 9.17) is 18.9 Å². The number of nitrogens with zero attached hydrogens (tertiary/aromatic N) is 2. The molecule has 0 aromatic rings. The molecular weight excluding hydrogens is 725 g/mol. The molecule has 0 radical (unpaired) electrons. The molecule has 1 saturated carbocycles. The SMILES string of the molecule is CO[C@H](C(C)OC(C)(C)C[C@H](C)/C=C/C=C(\C)[C@H]1O[C@@H](CNC(=O)[C@H]2CC[C@@H](COC(=O)N3CCN(I)CC3)CC2)CC[C@@H]1C)[C@@H](C)O. The van der Waals surface area contributed by atoms with E-state index in [-0.39, 0.29) is 47.9 Å². The lowest BCUT2D eigenvalue weighted by Gasteiger charge is -2.36. The number of rotatable bonds is 15. The molecule has 2 heterocycles. The highest BCUT2D eigenvalue weighted by Crippen LogP contribution is 2.31. The number of nitrogens with one attached hydrogen (secondary N) is 1. The summed E-state index contributed by atoms with van der Waals surface area (Å²) < 4.78 is 26.1. The van der Waals surface area contributed by atoms with Crippen LogP contribution in [0, 0.1) is 23.7 Å². The van der Waals surface area contributed by atoms with Crippen LogP contribution in [0.2, 0.25) is 0 Å². The van der Waals surface area contributed by atoms with Gasteiger partial charge in [0.1, 0.15) is 6.10 Å². The van der Waals surface area contributed by atoms with Crippen LogP contribution in [0.3, 0.4) is 0 Å². The number of aliphatic hydroxyl groups is 1. The summed E-state index contributed by atoms with van der Waals surface area (Å²) in [4.78, 5) is 27.3.